The molecule has 2 saturated heterocycles. The smallest absolute Gasteiger partial charge is 0.309 e. The number of epoxide rings is 1. The van der Waals surface area contributed by atoms with Crippen LogP contribution in [0.3, 0.4) is 0 Å². The average molecular weight is 182 g/mol. The fourth-order valence-electron chi connectivity index (χ4n) is 2.98. The van der Waals surface area contributed by atoms with Gasteiger partial charge >= 0.3 is 5.97 Å². The predicted molar refractivity (Wildman–Crippen MR) is 45.0 cm³/mol. The molecule has 3 heteroatoms. The molecule has 0 aromatic carbocycles. The second-order valence-corrected chi connectivity index (χ2v) is 4.45. The SMILES string of the molecule is CC1OC1C1CCC2C(=O)OCC21. The molecule has 3 aliphatic rings. The molecule has 5 atom stereocenters. The van der Waals surface area contributed by atoms with Gasteiger partial charge in [-0.3, -0.25) is 4.79 Å². The van der Waals surface area contributed by atoms with Crippen LogP contribution in [-0.4, -0.2) is 24.8 Å². The summed E-state index contributed by atoms with van der Waals surface area (Å²) >= 11 is 0. The van der Waals surface area contributed by atoms with Crippen molar-refractivity contribution in [2.75, 3.05) is 6.61 Å². The zero-order valence-electron chi connectivity index (χ0n) is 7.73. The van der Waals surface area contributed by atoms with E-state index in [1.165, 1.54) is 0 Å². The standard InChI is InChI=1S/C10H14O3/c1-5-9(13-5)6-2-3-7-8(6)4-12-10(7)11/h5-9H,2-4H2,1H3. The van der Waals surface area contributed by atoms with E-state index in [9.17, 15) is 4.79 Å². The predicted octanol–water partition coefficient (Wildman–Crippen LogP) is 0.973. The van der Waals surface area contributed by atoms with E-state index in [4.69, 9.17) is 9.47 Å². The number of hydrogen-bond donors (Lipinski definition) is 0. The molecule has 0 spiro atoms. The topological polar surface area (TPSA) is 38.8 Å². The van der Waals surface area contributed by atoms with Gasteiger partial charge in [0.1, 0.15) is 0 Å². The average Bonchev–Trinajstić information content (AvgIpc) is 2.60. The summed E-state index contributed by atoms with van der Waals surface area (Å²) in [5, 5.41) is 0. The van der Waals surface area contributed by atoms with Crippen molar-refractivity contribution in [3.05, 3.63) is 0 Å². The lowest BCUT2D eigenvalue weighted by atomic mass is 9.89. The summed E-state index contributed by atoms with van der Waals surface area (Å²) < 4.78 is 10.5. The van der Waals surface area contributed by atoms with E-state index in [2.05, 4.69) is 6.92 Å². The van der Waals surface area contributed by atoms with Gasteiger partial charge in [-0.15, -0.1) is 0 Å². The van der Waals surface area contributed by atoms with Crippen LogP contribution in [0.15, 0.2) is 0 Å². The molecule has 3 rings (SSSR count). The van der Waals surface area contributed by atoms with Crippen LogP contribution in [0.2, 0.25) is 0 Å². The molecule has 3 fully saturated rings. The molecule has 72 valence electrons. The van der Waals surface area contributed by atoms with Crippen molar-refractivity contribution < 1.29 is 14.3 Å². The molecule has 2 aliphatic heterocycles. The Balaban J connectivity index is 1.76. The maximum absolute atomic E-state index is 11.3. The monoisotopic (exact) mass is 182 g/mol. The molecule has 1 aliphatic carbocycles. The molecule has 1 saturated carbocycles. The highest BCUT2D eigenvalue weighted by molar-refractivity contribution is 5.75. The first-order valence-electron chi connectivity index (χ1n) is 5.09. The minimum Gasteiger partial charge on any atom is -0.465 e. The fourth-order valence-corrected chi connectivity index (χ4v) is 2.98. The van der Waals surface area contributed by atoms with Gasteiger partial charge in [0.2, 0.25) is 0 Å². The molecular weight excluding hydrogens is 168 g/mol. The van der Waals surface area contributed by atoms with Crippen LogP contribution < -0.4 is 0 Å². The van der Waals surface area contributed by atoms with Crippen LogP contribution in [0.25, 0.3) is 0 Å². The first-order chi connectivity index (χ1) is 6.27. The van der Waals surface area contributed by atoms with Crippen LogP contribution in [0.1, 0.15) is 19.8 Å². The maximum atomic E-state index is 11.3. The van der Waals surface area contributed by atoms with Crippen molar-refractivity contribution in [2.45, 2.75) is 32.0 Å². The van der Waals surface area contributed by atoms with E-state index in [1.54, 1.807) is 0 Å². The lowest BCUT2D eigenvalue weighted by molar-refractivity contribution is -0.141. The number of carbonyl (C=O) groups is 1. The zero-order chi connectivity index (χ0) is 9.00. The number of hydrogen-bond acceptors (Lipinski definition) is 3. The molecule has 0 radical (unpaired) electrons. The van der Waals surface area contributed by atoms with Gasteiger partial charge in [0.05, 0.1) is 24.7 Å². The first kappa shape index (κ1) is 7.80. The van der Waals surface area contributed by atoms with Gasteiger partial charge in [-0.25, -0.2) is 0 Å². The summed E-state index contributed by atoms with van der Waals surface area (Å²) in [5.74, 6) is 1.27. The summed E-state index contributed by atoms with van der Waals surface area (Å²) in [6.07, 6.45) is 3.00. The zero-order valence-corrected chi connectivity index (χ0v) is 7.73. The molecule has 0 bridgehead atoms. The van der Waals surface area contributed by atoms with Crippen LogP contribution in [0.5, 0.6) is 0 Å². The van der Waals surface area contributed by atoms with Crippen LogP contribution >= 0.6 is 0 Å². The molecule has 5 unspecified atom stereocenters. The molecule has 3 nitrogen and oxygen atoms in total. The molecular formula is C10H14O3. The molecule has 13 heavy (non-hydrogen) atoms. The van der Waals surface area contributed by atoms with Crippen LogP contribution in [0.4, 0.5) is 0 Å². The fraction of sp³-hybridized carbons (Fsp3) is 0.900. The van der Waals surface area contributed by atoms with E-state index in [0.29, 0.717) is 30.7 Å². The molecule has 0 N–H and O–H groups in total. The molecule has 2 heterocycles. The van der Waals surface area contributed by atoms with Gasteiger partial charge in [0, 0.05) is 5.92 Å². The highest BCUT2D eigenvalue weighted by atomic mass is 16.6. The number of cyclic esters (lactones) is 1. The van der Waals surface area contributed by atoms with Gasteiger partial charge in [0.15, 0.2) is 0 Å². The lowest BCUT2D eigenvalue weighted by Gasteiger charge is -2.12. The van der Waals surface area contributed by atoms with E-state index >= 15 is 0 Å². The second kappa shape index (κ2) is 2.47. The van der Waals surface area contributed by atoms with Gasteiger partial charge < -0.3 is 9.47 Å². The van der Waals surface area contributed by atoms with Crippen molar-refractivity contribution in [3.63, 3.8) is 0 Å². The minimum absolute atomic E-state index is 0.0285. The summed E-state index contributed by atoms with van der Waals surface area (Å²) in [7, 11) is 0. The van der Waals surface area contributed by atoms with Crippen molar-refractivity contribution in [1.82, 2.24) is 0 Å². The maximum Gasteiger partial charge on any atom is 0.309 e. The second-order valence-electron chi connectivity index (χ2n) is 4.45. The van der Waals surface area contributed by atoms with Gasteiger partial charge in [-0.2, -0.15) is 0 Å². The third-order valence-corrected chi connectivity index (χ3v) is 3.78. The van der Waals surface area contributed by atoms with E-state index in [0.717, 1.165) is 12.8 Å². The highest BCUT2D eigenvalue weighted by Crippen LogP contribution is 2.48. The summed E-state index contributed by atoms with van der Waals surface area (Å²) in [6.45, 7) is 2.75. The largest absolute Gasteiger partial charge is 0.465 e. The normalized spacial score (nSPS) is 53.3. The van der Waals surface area contributed by atoms with Crippen molar-refractivity contribution in [3.8, 4) is 0 Å². The third kappa shape index (κ3) is 1.03. The van der Waals surface area contributed by atoms with Gasteiger partial charge in [-0.05, 0) is 25.7 Å². The Labute approximate surface area is 77.4 Å². The lowest BCUT2D eigenvalue weighted by Crippen LogP contribution is -2.19. The van der Waals surface area contributed by atoms with Gasteiger partial charge in [0.25, 0.3) is 0 Å². The Morgan fingerprint density at radius 3 is 2.77 bits per heavy atom. The Kier molecular flexibility index (Phi) is 1.48. The number of fused-ring (bicyclic) bond motifs is 1. The van der Waals surface area contributed by atoms with Crippen molar-refractivity contribution >= 4 is 5.97 Å². The van der Waals surface area contributed by atoms with Crippen LogP contribution in [-0.2, 0) is 14.3 Å². The van der Waals surface area contributed by atoms with Crippen molar-refractivity contribution in [1.29, 1.82) is 0 Å². The van der Waals surface area contributed by atoms with E-state index in [1.807, 2.05) is 0 Å². The Morgan fingerprint density at radius 1 is 1.31 bits per heavy atom. The third-order valence-electron chi connectivity index (χ3n) is 3.78. The summed E-state index contributed by atoms with van der Waals surface area (Å²) in [5.41, 5.74) is 0. The Hall–Kier alpha value is -0.570. The highest BCUT2D eigenvalue weighted by Gasteiger charge is 2.54. The van der Waals surface area contributed by atoms with Crippen molar-refractivity contribution in [2.24, 2.45) is 17.8 Å². The Bertz CT molecular complexity index is 251. The summed E-state index contributed by atoms with van der Waals surface area (Å²) in [6, 6.07) is 0. The molecule has 0 aromatic rings. The quantitative estimate of drug-likeness (QED) is 0.448. The Morgan fingerprint density at radius 2 is 2.08 bits per heavy atom. The number of esters is 1. The number of ether oxygens (including phenoxy) is 2. The summed E-state index contributed by atoms with van der Waals surface area (Å²) in [4.78, 5) is 11.3. The minimum atomic E-state index is 0.0285. The van der Waals surface area contributed by atoms with Crippen LogP contribution in [0, 0.1) is 17.8 Å². The number of carbonyl (C=O) groups excluding carboxylic acids is 1. The molecule has 0 aromatic heterocycles. The first-order valence-corrected chi connectivity index (χ1v) is 5.09. The van der Waals surface area contributed by atoms with E-state index < -0.39 is 0 Å². The number of rotatable bonds is 1. The van der Waals surface area contributed by atoms with Gasteiger partial charge in [-0.1, -0.05) is 0 Å². The van der Waals surface area contributed by atoms with E-state index in [-0.39, 0.29) is 11.9 Å². The molecule has 0 amide bonds.